The monoisotopic (exact) mass is 237 g/mol. The van der Waals surface area contributed by atoms with Crippen LogP contribution < -0.4 is 0 Å². The molecule has 0 N–H and O–H groups in total. The van der Waals surface area contributed by atoms with Crippen molar-refractivity contribution in [2.75, 3.05) is 0 Å². The highest BCUT2D eigenvalue weighted by Crippen LogP contribution is 2.21. The molecule has 0 aliphatic rings. The number of benzene rings is 1. The van der Waals surface area contributed by atoms with Crippen LogP contribution in [0.4, 0.5) is 0 Å². The molecule has 1 aromatic rings. The Balaban J connectivity index is 3.41. The molecule has 13 heavy (non-hydrogen) atoms. The summed E-state index contributed by atoms with van der Waals surface area (Å²) in [6.45, 7) is 3.32. The Labute approximate surface area is 85.3 Å². The van der Waals surface area contributed by atoms with E-state index >= 15 is 0 Å². The van der Waals surface area contributed by atoms with Crippen LogP contribution in [-0.2, 0) is 0 Å². The van der Waals surface area contributed by atoms with Gasteiger partial charge in [-0.1, -0.05) is 15.9 Å². The lowest BCUT2D eigenvalue weighted by Crippen LogP contribution is -1.95. The lowest BCUT2D eigenvalue weighted by molar-refractivity contribution is 0.101. The molecule has 0 heterocycles. The molecular formula is C10H8BrNO. The van der Waals surface area contributed by atoms with Gasteiger partial charge in [0.05, 0.1) is 11.6 Å². The SMILES string of the molecule is CC(=O)c1cc(Br)c(C)c(C#N)c1. The van der Waals surface area contributed by atoms with E-state index < -0.39 is 0 Å². The summed E-state index contributed by atoms with van der Waals surface area (Å²) >= 11 is 3.30. The van der Waals surface area contributed by atoms with Gasteiger partial charge in [0.1, 0.15) is 0 Å². The summed E-state index contributed by atoms with van der Waals surface area (Å²) in [7, 11) is 0. The van der Waals surface area contributed by atoms with Crippen molar-refractivity contribution in [3.8, 4) is 6.07 Å². The molecular weight excluding hydrogens is 230 g/mol. The molecule has 0 unspecified atom stereocenters. The van der Waals surface area contributed by atoms with Crippen LogP contribution >= 0.6 is 15.9 Å². The number of Topliss-reactive ketones (excluding diaryl/α,β-unsaturated/α-hetero) is 1. The minimum atomic E-state index is -0.0304. The zero-order chi connectivity index (χ0) is 10.0. The Morgan fingerprint density at radius 2 is 2.15 bits per heavy atom. The van der Waals surface area contributed by atoms with Crippen molar-refractivity contribution in [2.45, 2.75) is 13.8 Å². The van der Waals surface area contributed by atoms with Crippen molar-refractivity contribution < 1.29 is 4.79 Å². The Bertz CT molecular complexity index is 404. The lowest BCUT2D eigenvalue weighted by Gasteiger charge is -2.03. The quantitative estimate of drug-likeness (QED) is 0.706. The first-order chi connectivity index (χ1) is 6.06. The van der Waals surface area contributed by atoms with Gasteiger partial charge in [-0.05, 0) is 31.5 Å². The number of carbonyl (C=O) groups excluding carboxylic acids is 1. The number of halogens is 1. The first-order valence-corrected chi connectivity index (χ1v) is 4.56. The van der Waals surface area contributed by atoms with Gasteiger partial charge in [0.25, 0.3) is 0 Å². The van der Waals surface area contributed by atoms with Crippen molar-refractivity contribution in [3.05, 3.63) is 33.3 Å². The second kappa shape index (κ2) is 3.71. The first kappa shape index (κ1) is 9.94. The van der Waals surface area contributed by atoms with Crippen LogP contribution in [0.3, 0.4) is 0 Å². The molecule has 0 saturated heterocycles. The van der Waals surface area contributed by atoms with E-state index in [1.807, 2.05) is 13.0 Å². The highest BCUT2D eigenvalue weighted by Gasteiger charge is 2.07. The smallest absolute Gasteiger partial charge is 0.159 e. The lowest BCUT2D eigenvalue weighted by atomic mass is 10.0. The fourth-order valence-corrected chi connectivity index (χ4v) is 1.46. The maximum atomic E-state index is 11.0. The largest absolute Gasteiger partial charge is 0.295 e. The number of ketones is 1. The van der Waals surface area contributed by atoms with E-state index in [9.17, 15) is 4.79 Å². The fourth-order valence-electron chi connectivity index (χ4n) is 0.998. The van der Waals surface area contributed by atoms with Crippen LogP contribution in [-0.4, -0.2) is 5.78 Å². The van der Waals surface area contributed by atoms with Gasteiger partial charge in [0.2, 0.25) is 0 Å². The fraction of sp³-hybridized carbons (Fsp3) is 0.200. The molecule has 0 fully saturated rings. The van der Waals surface area contributed by atoms with E-state index in [0.717, 1.165) is 10.0 Å². The highest BCUT2D eigenvalue weighted by molar-refractivity contribution is 9.10. The molecule has 1 rings (SSSR count). The normalized spacial score (nSPS) is 9.38. The average Bonchev–Trinajstić information content (AvgIpc) is 2.09. The number of nitrogens with zero attached hydrogens (tertiary/aromatic N) is 1. The van der Waals surface area contributed by atoms with Crippen molar-refractivity contribution in [3.63, 3.8) is 0 Å². The Morgan fingerprint density at radius 1 is 1.54 bits per heavy atom. The van der Waals surface area contributed by atoms with E-state index in [0.29, 0.717) is 11.1 Å². The number of hydrogen-bond donors (Lipinski definition) is 0. The Morgan fingerprint density at radius 3 is 2.62 bits per heavy atom. The summed E-state index contributed by atoms with van der Waals surface area (Å²) in [6.07, 6.45) is 0. The molecule has 0 radical (unpaired) electrons. The minimum absolute atomic E-state index is 0.0304. The molecule has 0 aliphatic carbocycles. The summed E-state index contributed by atoms with van der Waals surface area (Å²) in [5.74, 6) is -0.0304. The van der Waals surface area contributed by atoms with Crippen molar-refractivity contribution in [2.24, 2.45) is 0 Å². The molecule has 1 aromatic carbocycles. The number of hydrogen-bond acceptors (Lipinski definition) is 2. The zero-order valence-electron chi connectivity index (χ0n) is 7.39. The molecule has 0 bridgehead atoms. The van der Waals surface area contributed by atoms with Crippen LogP contribution in [0, 0.1) is 18.3 Å². The predicted octanol–water partition coefficient (Wildman–Crippen LogP) is 2.83. The molecule has 66 valence electrons. The van der Waals surface area contributed by atoms with Crippen LogP contribution in [0.1, 0.15) is 28.4 Å². The van der Waals surface area contributed by atoms with Crippen LogP contribution in [0.25, 0.3) is 0 Å². The summed E-state index contributed by atoms with van der Waals surface area (Å²) < 4.78 is 0.803. The molecule has 0 amide bonds. The second-order valence-corrected chi connectivity index (χ2v) is 3.65. The first-order valence-electron chi connectivity index (χ1n) is 3.77. The second-order valence-electron chi connectivity index (χ2n) is 2.80. The molecule has 2 nitrogen and oxygen atoms in total. The maximum Gasteiger partial charge on any atom is 0.159 e. The van der Waals surface area contributed by atoms with Crippen molar-refractivity contribution in [1.82, 2.24) is 0 Å². The van der Waals surface area contributed by atoms with Gasteiger partial charge in [-0.25, -0.2) is 0 Å². The van der Waals surface area contributed by atoms with E-state index in [1.165, 1.54) is 6.92 Å². The van der Waals surface area contributed by atoms with Crippen molar-refractivity contribution in [1.29, 1.82) is 5.26 Å². The molecule has 0 spiro atoms. The van der Waals surface area contributed by atoms with E-state index in [1.54, 1.807) is 12.1 Å². The molecule has 0 saturated carbocycles. The van der Waals surface area contributed by atoms with Crippen molar-refractivity contribution >= 4 is 21.7 Å². The third-order valence-corrected chi connectivity index (χ3v) is 2.69. The average molecular weight is 238 g/mol. The standard InChI is InChI=1S/C10H8BrNO/c1-6-9(5-12)3-8(7(2)13)4-10(6)11/h3-4H,1-2H3. The van der Waals surface area contributed by atoms with Gasteiger partial charge in [0.15, 0.2) is 5.78 Å². The molecule has 0 aliphatic heterocycles. The van der Waals surface area contributed by atoms with Gasteiger partial charge < -0.3 is 0 Å². The predicted molar refractivity (Wildman–Crippen MR) is 53.6 cm³/mol. The van der Waals surface area contributed by atoms with E-state index in [4.69, 9.17) is 5.26 Å². The molecule has 0 aromatic heterocycles. The van der Waals surface area contributed by atoms with Gasteiger partial charge in [-0.3, -0.25) is 4.79 Å². The highest BCUT2D eigenvalue weighted by atomic mass is 79.9. The summed E-state index contributed by atoms with van der Waals surface area (Å²) in [6, 6.07) is 5.40. The summed E-state index contributed by atoms with van der Waals surface area (Å²) in [5.41, 5.74) is 1.97. The van der Waals surface area contributed by atoms with Gasteiger partial charge in [0, 0.05) is 10.0 Å². The minimum Gasteiger partial charge on any atom is -0.295 e. The van der Waals surface area contributed by atoms with Crippen LogP contribution in [0.15, 0.2) is 16.6 Å². The van der Waals surface area contributed by atoms with Gasteiger partial charge in [-0.2, -0.15) is 5.26 Å². The number of nitriles is 1. The van der Waals surface area contributed by atoms with E-state index in [-0.39, 0.29) is 5.78 Å². The number of carbonyl (C=O) groups is 1. The van der Waals surface area contributed by atoms with E-state index in [2.05, 4.69) is 15.9 Å². The Hall–Kier alpha value is -1.14. The third kappa shape index (κ3) is 1.96. The third-order valence-electron chi connectivity index (χ3n) is 1.87. The topological polar surface area (TPSA) is 40.9 Å². The Kier molecular flexibility index (Phi) is 2.84. The van der Waals surface area contributed by atoms with Gasteiger partial charge >= 0.3 is 0 Å². The molecule has 0 atom stereocenters. The molecule has 3 heteroatoms. The zero-order valence-corrected chi connectivity index (χ0v) is 8.97. The van der Waals surface area contributed by atoms with Crippen LogP contribution in [0.2, 0.25) is 0 Å². The van der Waals surface area contributed by atoms with Gasteiger partial charge in [-0.15, -0.1) is 0 Å². The summed E-state index contributed by atoms with van der Waals surface area (Å²) in [5, 5.41) is 8.77. The summed E-state index contributed by atoms with van der Waals surface area (Å²) in [4.78, 5) is 11.0. The maximum absolute atomic E-state index is 11.0. The number of rotatable bonds is 1. The van der Waals surface area contributed by atoms with Crippen LogP contribution in [0.5, 0.6) is 0 Å².